The van der Waals surface area contributed by atoms with Crippen molar-refractivity contribution in [3.63, 3.8) is 0 Å². The number of halogens is 1. The van der Waals surface area contributed by atoms with E-state index in [1.165, 1.54) is 0 Å². The molecule has 1 unspecified atom stereocenters. The number of ether oxygens (including phenoxy) is 2. The van der Waals surface area contributed by atoms with E-state index in [1.807, 2.05) is 29.2 Å². The average molecular weight is 285 g/mol. The van der Waals surface area contributed by atoms with E-state index in [1.54, 1.807) is 0 Å². The molecule has 6 heteroatoms. The van der Waals surface area contributed by atoms with Crippen LogP contribution in [0.4, 0.5) is 0 Å². The Bertz CT molecular complexity index is 449. The highest BCUT2D eigenvalue weighted by atomic mass is 35.5. The largest absolute Gasteiger partial charge is 0.485 e. The van der Waals surface area contributed by atoms with Crippen molar-refractivity contribution >= 4 is 18.3 Å². The van der Waals surface area contributed by atoms with Gasteiger partial charge >= 0.3 is 0 Å². The zero-order valence-electron chi connectivity index (χ0n) is 10.5. The minimum Gasteiger partial charge on any atom is -0.485 e. The first-order valence-electron chi connectivity index (χ1n) is 6.22. The maximum Gasteiger partial charge on any atom is 0.267 e. The number of nitrogens with zero attached hydrogens (tertiary/aromatic N) is 1. The number of carbonyl (C=O) groups excluding carboxylic acids is 1. The van der Waals surface area contributed by atoms with Gasteiger partial charge in [0.1, 0.15) is 6.61 Å². The molecule has 104 valence electrons. The Morgan fingerprint density at radius 2 is 1.89 bits per heavy atom. The number of nitrogens with one attached hydrogen (secondary N) is 1. The zero-order valence-corrected chi connectivity index (χ0v) is 11.3. The van der Waals surface area contributed by atoms with Crippen LogP contribution in [0.2, 0.25) is 0 Å². The highest BCUT2D eigenvalue weighted by molar-refractivity contribution is 5.85. The summed E-state index contributed by atoms with van der Waals surface area (Å²) >= 11 is 0. The van der Waals surface area contributed by atoms with Crippen molar-refractivity contribution < 1.29 is 14.3 Å². The number of hydrogen-bond donors (Lipinski definition) is 1. The number of rotatable bonds is 1. The van der Waals surface area contributed by atoms with Crippen LogP contribution in [0.15, 0.2) is 24.3 Å². The Balaban J connectivity index is 0.00000133. The van der Waals surface area contributed by atoms with Crippen molar-refractivity contribution in [1.29, 1.82) is 0 Å². The van der Waals surface area contributed by atoms with Crippen molar-refractivity contribution in [1.82, 2.24) is 10.2 Å². The van der Waals surface area contributed by atoms with Crippen LogP contribution in [0.25, 0.3) is 0 Å². The third-order valence-electron chi connectivity index (χ3n) is 3.21. The van der Waals surface area contributed by atoms with Crippen molar-refractivity contribution in [3.05, 3.63) is 24.3 Å². The number of hydrogen-bond acceptors (Lipinski definition) is 4. The second kappa shape index (κ2) is 6.12. The van der Waals surface area contributed by atoms with E-state index in [-0.39, 0.29) is 18.3 Å². The fraction of sp³-hybridized carbons (Fsp3) is 0.462. The molecule has 1 fully saturated rings. The second-order valence-corrected chi connectivity index (χ2v) is 4.44. The molecule has 2 aliphatic heterocycles. The molecule has 2 aliphatic rings. The van der Waals surface area contributed by atoms with Crippen LogP contribution >= 0.6 is 12.4 Å². The minimum atomic E-state index is -0.516. The van der Waals surface area contributed by atoms with Crippen LogP contribution in [0.1, 0.15) is 0 Å². The summed E-state index contributed by atoms with van der Waals surface area (Å²) in [5.74, 6) is 1.38. The molecule has 1 aromatic rings. The van der Waals surface area contributed by atoms with Gasteiger partial charge in [0.25, 0.3) is 5.91 Å². The summed E-state index contributed by atoms with van der Waals surface area (Å²) in [6.07, 6.45) is -0.516. The van der Waals surface area contributed by atoms with Gasteiger partial charge in [0.15, 0.2) is 11.5 Å². The maximum absolute atomic E-state index is 12.3. The molecular weight excluding hydrogens is 268 g/mol. The lowest BCUT2D eigenvalue weighted by atomic mass is 10.2. The van der Waals surface area contributed by atoms with Crippen LogP contribution < -0.4 is 14.8 Å². The molecule has 2 heterocycles. The fourth-order valence-electron chi connectivity index (χ4n) is 2.23. The molecule has 1 aromatic carbocycles. The summed E-state index contributed by atoms with van der Waals surface area (Å²) in [4.78, 5) is 14.1. The third-order valence-corrected chi connectivity index (χ3v) is 3.21. The first-order valence-corrected chi connectivity index (χ1v) is 6.22. The summed E-state index contributed by atoms with van der Waals surface area (Å²) < 4.78 is 11.3. The smallest absolute Gasteiger partial charge is 0.267 e. The molecule has 1 N–H and O–H groups in total. The number of piperazine rings is 1. The molecule has 0 saturated carbocycles. The van der Waals surface area contributed by atoms with Gasteiger partial charge < -0.3 is 19.7 Å². The van der Waals surface area contributed by atoms with Gasteiger partial charge in [0.05, 0.1) is 0 Å². The number of carbonyl (C=O) groups is 1. The summed E-state index contributed by atoms with van der Waals surface area (Å²) in [7, 11) is 0. The van der Waals surface area contributed by atoms with E-state index in [0.29, 0.717) is 18.1 Å². The van der Waals surface area contributed by atoms with E-state index >= 15 is 0 Å². The van der Waals surface area contributed by atoms with Gasteiger partial charge in [-0.25, -0.2) is 0 Å². The predicted molar refractivity (Wildman–Crippen MR) is 73.1 cm³/mol. The van der Waals surface area contributed by atoms with Crippen LogP contribution in [0.5, 0.6) is 11.5 Å². The molecule has 1 saturated heterocycles. The van der Waals surface area contributed by atoms with E-state index in [2.05, 4.69) is 5.32 Å². The van der Waals surface area contributed by atoms with Gasteiger partial charge in [-0.2, -0.15) is 0 Å². The van der Waals surface area contributed by atoms with Gasteiger partial charge in [-0.05, 0) is 12.1 Å². The van der Waals surface area contributed by atoms with Gasteiger partial charge in [-0.3, -0.25) is 4.79 Å². The molecule has 1 amide bonds. The quantitative estimate of drug-likeness (QED) is 0.824. The summed E-state index contributed by atoms with van der Waals surface area (Å²) in [5.41, 5.74) is 0. The van der Waals surface area contributed by atoms with E-state index in [9.17, 15) is 4.79 Å². The molecule has 19 heavy (non-hydrogen) atoms. The van der Waals surface area contributed by atoms with Gasteiger partial charge in [-0.15, -0.1) is 12.4 Å². The van der Waals surface area contributed by atoms with Crippen molar-refractivity contribution in [2.45, 2.75) is 6.10 Å². The zero-order chi connectivity index (χ0) is 12.4. The number of benzene rings is 1. The van der Waals surface area contributed by atoms with Crippen LogP contribution in [-0.2, 0) is 4.79 Å². The Morgan fingerprint density at radius 3 is 2.63 bits per heavy atom. The molecule has 0 aliphatic carbocycles. The summed E-state index contributed by atoms with van der Waals surface area (Å²) in [6, 6.07) is 7.44. The summed E-state index contributed by atoms with van der Waals surface area (Å²) in [5, 5.41) is 3.22. The SMILES string of the molecule is Cl.O=C(C1COc2ccccc2O1)N1CCNCC1. The Morgan fingerprint density at radius 1 is 1.21 bits per heavy atom. The van der Waals surface area contributed by atoms with Crippen molar-refractivity contribution in [3.8, 4) is 11.5 Å². The van der Waals surface area contributed by atoms with Gasteiger partial charge in [0, 0.05) is 26.2 Å². The Labute approximate surface area is 118 Å². The minimum absolute atomic E-state index is 0. The lowest BCUT2D eigenvalue weighted by Crippen LogP contribution is -2.52. The first-order chi connectivity index (χ1) is 8.84. The topological polar surface area (TPSA) is 50.8 Å². The molecule has 0 bridgehead atoms. The molecular formula is C13H17ClN2O3. The fourth-order valence-corrected chi connectivity index (χ4v) is 2.23. The standard InChI is InChI=1S/C13H16N2O3.ClH/c16-13(15-7-5-14-6-8-15)12-9-17-10-3-1-2-4-11(10)18-12;/h1-4,12,14H,5-9H2;1H. The third kappa shape index (κ3) is 2.93. The predicted octanol–water partition coefficient (Wildman–Crippen LogP) is 0.680. The monoisotopic (exact) mass is 284 g/mol. The highest BCUT2D eigenvalue weighted by Crippen LogP contribution is 2.31. The van der Waals surface area contributed by atoms with Crippen molar-refractivity contribution in [2.24, 2.45) is 0 Å². The highest BCUT2D eigenvalue weighted by Gasteiger charge is 2.31. The number of fused-ring (bicyclic) bond motifs is 1. The first kappa shape index (κ1) is 14.0. The maximum atomic E-state index is 12.3. The average Bonchev–Trinajstić information content (AvgIpc) is 2.47. The molecule has 0 radical (unpaired) electrons. The van der Waals surface area contributed by atoms with E-state index in [0.717, 1.165) is 26.2 Å². The van der Waals surface area contributed by atoms with E-state index < -0.39 is 6.10 Å². The molecule has 0 spiro atoms. The Hall–Kier alpha value is -1.46. The van der Waals surface area contributed by atoms with E-state index in [4.69, 9.17) is 9.47 Å². The van der Waals surface area contributed by atoms with Gasteiger partial charge in [-0.1, -0.05) is 12.1 Å². The van der Waals surface area contributed by atoms with Crippen LogP contribution in [-0.4, -0.2) is 49.7 Å². The lowest BCUT2D eigenvalue weighted by molar-refractivity contribution is -0.141. The second-order valence-electron chi connectivity index (χ2n) is 4.44. The molecule has 5 nitrogen and oxygen atoms in total. The Kier molecular flexibility index (Phi) is 4.50. The normalized spacial score (nSPS) is 21.5. The molecule has 3 rings (SSSR count). The number of para-hydroxylation sites is 2. The van der Waals surface area contributed by atoms with Gasteiger partial charge in [0.2, 0.25) is 6.10 Å². The van der Waals surface area contributed by atoms with Crippen LogP contribution in [0, 0.1) is 0 Å². The molecule has 0 aromatic heterocycles. The summed E-state index contributed by atoms with van der Waals surface area (Å²) in [6.45, 7) is 3.45. The van der Waals surface area contributed by atoms with Crippen molar-refractivity contribution in [2.75, 3.05) is 32.8 Å². The molecule has 1 atom stereocenters. The lowest BCUT2D eigenvalue weighted by Gasteiger charge is -2.32. The number of amides is 1. The van der Waals surface area contributed by atoms with Crippen LogP contribution in [0.3, 0.4) is 0 Å².